The monoisotopic (exact) mass is 479 g/mol. The maximum atomic E-state index is 13.2. The second kappa shape index (κ2) is 8.27. The van der Waals surface area contributed by atoms with Crippen molar-refractivity contribution in [3.63, 3.8) is 0 Å². The number of amides is 1. The van der Waals surface area contributed by atoms with Crippen LogP contribution in [0, 0.1) is 0 Å². The molecule has 0 bridgehead atoms. The summed E-state index contributed by atoms with van der Waals surface area (Å²) in [4.78, 5) is 26.9. The Bertz CT molecular complexity index is 1330. The maximum Gasteiger partial charge on any atom is 0.254 e. The van der Waals surface area contributed by atoms with Crippen LogP contribution in [0.2, 0.25) is 10.0 Å². The summed E-state index contributed by atoms with van der Waals surface area (Å²) in [6.07, 6.45) is 0. The molecule has 2 aromatic carbocycles. The largest absolute Gasteiger partial charge is 0.336 e. The third-order valence-electron chi connectivity index (χ3n) is 5.43. The fraction of sp³-hybridized carbons (Fsp3) is 0.238. The molecule has 0 aliphatic carbocycles. The lowest BCUT2D eigenvalue weighted by Gasteiger charge is -2.34. The number of benzene rings is 2. The number of para-hydroxylation sites is 1. The van der Waals surface area contributed by atoms with E-state index < -0.39 is 10.0 Å². The predicted molar refractivity (Wildman–Crippen MR) is 120 cm³/mol. The van der Waals surface area contributed by atoms with Crippen LogP contribution in [0.25, 0.3) is 10.9 Å². The average Bonchev–Trinajstić information content (AvgIpc) is 2.75. The molecule has 7 nitrogen and oxygen atoms in total. The minimum atomic E-state index is -3.91. The summed E-state index contributed by atoms with van der Waals surface area (Å²) < 4.78 is 28.8. The molecule has 1 aliphatic heterocycles. The van der Waals surface area contributed by atoms with E-state index in [9.17, 15) is 18.0 Å². The van der Waals surface area contributed by atoms with Crippen molar-refractivity contribution in [3.8, 4) is 0 Å². The van der Waals surface area contributed by atoms with Gasteiger partial charge in [-0.15, -0.1) is 0 Å². The molecule has 0 radical (unpaired) electrons. The van der Waals surface area contributed by atoms with Gasteiger partial charge in [-0.25, -0.2) is 8.42 Å². The smallest absolute Gasteiger partial charge is 0.254 e. The number of piperazine rings is 1. The van der Waals surface area contributed by atoms with Crippen molar-refractivity contribution in [1.29, 1.82) is 0 Å². The molecule has 4 rings (SSSR count). The standard InChI is InChI=1S/C21H19Cl2N3O4S/c1-24-18-8-3-2-5-14(18)15(13-19(24)27)21(28)25-9-11-26(12-10-25)31(29,30)20-16(22)6-4-7-17(20)23/h2-8,13H,9-12H2,1H3. The summed E-state index contributed by atoms with van der Waals surface area (Å²) >= 11 is 12.2. The Morgan fingerprint density at radius 3 is 2.19 bits per heavy atom. The molecular formula is C21H19Cl2N3O4S. The van der Waals surface area contributed by atoms with Gasteiger partial charge in [-0.2, -0.15) is 4.31 Å². The Balaban J connectivity index is 1.59. The first kappa shape index (κ1) is 21.8. The highest BCUT2D eigenvalue weighted by Crippen LogP contribution is 2.32. The molecule has 1 saturated heterocycles. The number of fused-ring (bicyclic) bond motifs is 1. The Kier molecular flexibility index (Phi) is 5.83. The van der Waals surface area contributed by atoms with Crippen molar-refractivity contribution < 1.29 is 13.2 Å². The molecule has 3 aromatic rings. The number of aromatic nitrogens is 1. The number of rotatable bonds is 3. The lowest BCUT2D eigenvalue weighted by atomic mass is 10.1. The van der Waals surface area contributed by atoms with Gasteiger partial charge in [0.15, 0.2) is 0 Å². The van der Waals surface area contributed by atoms with Crippen LogP contribution in [0.1, 0.15) is 10.4 Å². The zero-order valence-corrected chi connectivity index (χ0v) is 18.9. The maximum absolute atomic E-state index is 13.2. The zero-order chi connectivity index (χ0) is 22.3. The molecular weight excluding hydrogens is 461 g/mol. The van der Waals surface area contributed by atoms with Gasteiger partial charge in [-0.05, 0) is 18.2 Å². The van der Waals surface area contributed by atoms with E-state index in [0.29, 0.717) is 16.5 Å². The third kappa shape index (κ3) is 3.85. The summed E-state index contributed by atoms with van der Waals surface area (Å²) in [5.41, 5.74) is 0.689. The highest BCUT2D eigenvalue weighted by atomic mass is 35.5. The number of carbonyl (C=O) groups excluding carboxylic acids is 1. The third-order valence-corrected chi connectivity index (χ3v) is 8.28. The van der Waals surface area contributed by atoms with Crippen LogP contribution in [-0.2, 0) is 17.1 Å². The minimum absolute atomic E-state index is 0.0533. The molecule has 162 valence electrons. The number of hydrogen-bond acceptors (Lipinski definition) is 4. The second-order valence-electron chi connectivity index (χ2n) is 7.22. The summed E-state index contributed by atoms with van der Waals surface area (Å²) in [5.74, 6) is -0.304. The normalized spacial score (nSPS) is 15.4. The van der Waals surface area contributed by atoms with Crippen molar-refractivity contribution in [2.24, 2.45) is 7.05 Å². The number of carbonyl (C=O) groups is 1. The van der Waals surface area contributed by atoms with Gasteiger partial charge in [0.05, 0.1) is 21.1 Å². The Morgan fingerprint density at radius 2 is 1.55 bits per heavy atom. The van der Waals surface area contributed by atoms with E-state index in [2.05, 4.69) is 0 Å². The predicted octanol–water partition coefficient (Wildman–Crippen LogP) is 2.99. The molecule has 1 aliphatic rings. The SMILES string of the molecule is Cn1c(=O)cc(C(=O)N2CCN(S(=O)(=O)c3c(Cl)cccc3Cl)CC2)c2ccccc21. The topological polar surface area (TPSA) is 79.7 Å². The molecule has 10 heteroatoms. The van der Waals surface area contributed by atoms with E-state index in [-0.39, 0.29) is 52.6 Å². The van der Waals surface area contributed by atoms with Gasteiger partial charge < -0.3 is 9.47 Å². The molecule has 31 heavy (non-hydrogen) atoms. The van der Waals surface area contributed by atoms with Crippen LogP contribution in [0.3, 0.4) is 0 Å². The molecule has 0 atom stereocenters. The fourth-order valence-corrected chi connectivity index (χ4v) is 6.26. The number of aryl methyl sites for hydroxylation is 1. The van der Waals surface area contributed by atoms with Crippen LogP contribution in [0.15, 0.2) is 58.2 Å². The van der Waals surface area contributed by atoms with Crippen molar-refractivity contribution >= 4 is 50.0 Å². The quantitative estimate of drug-likeness (QED) is 0.578. The Morgan fingerprint density at radius 1 is 0.935 bits per heavy atom. The number of hydrogen-bond donors (Lipinski definition) is 0. The Labute approximate surface area is 189 Å². The van der Waals surface area contributed by atoms with Crippen LogP contribution in [0.4, 0.5) is 0 Å². The van der Waals surface area contributed by atoms with Crippen LogP contribution >= 0.6 is 23.2 Å². The lowest BCUT2D eigenvalue weighted by Crippen LogP contribution is -2.50. The van der Waals surface area contributed by atoms with Gasteiger partial charge in [0.2, 0.25) is 10.0 Å². The number of nitrogens with zero attached hydrogens (tertiary/aromatic N) is 3. The van der Waals surface area contributed by atoms with Gasteiger partial charge in [0, 0.05) is 44.7 Å². The molecule has 0 spiro atoms. The first-order chi connectivity index (χ1) is 14.7. The molecule has 0 saturated carbocycles. The molecule has 1 aromatic heterocycles. The number of sulfonamides is 1. The van der Waals surface area contributed by atoms with Gasteiger partial charge in [-0.1, -0.05) is 47.5 Å². The Hall–Kier alpha value is -2.39. The average molecular weight is 480 g/mol. The van der Waals surface area contributed by atoms with Crippen molar-refractivity contribution in [3.05, 3.63) is 74.5 Å². The summed E-state index contributed by atoms with van der Waals surface area (Å²) in [6.45, 7) is 0.560. The van der Waals surface area contributed by atoms with E-state index in [4.69, 9.17) is 23.2 Å². The van der Waals surface area contributed by atoms with Gasteiger partial charge in [-0.3, -0.25) is 9.59 Å². The zero-order valence-electron chi connectivity index (χ0n) is 16.6. The van der Waals surface area contributed by atoms with Gasteiger partial charge >= 0.3 is 0 Å². The van der Waals surface area contributed by atoms with Crippen LogP contribution in [-0.4, -0.2) is 54.3 Å². The lowest BCUT2D eigenvalue weighted by molar-refractivity contribution is 0.0699. The summed E-state index contributed by atoms with van der Waals surface area (Å²) in [6, 6.07) is 13.0. The molecule has 0 N–H and O–H groups in total. The van der Waals surface area contributed by atoms with Crippen molar-refractivity contribution in [1.82, 2.24) is 13.8 Å². The van der Waals surface area contributed by atoms with Gasteiger partial charge in [0.1, 0.15) is 4.90 Å². The highest BCUT2D eigenvalue weighted by molar-refractivity contribution is 7.89. The van der Waals surface area contributed by atoms with E-state index in [1.54, 1.807) is 42.3 Å². The first-order valence-corrected chi connectivity index (χ1v) is 11.7. The molecule has 1 amide bonds. The molecule has 1 fully saturated rings. The summed E-state index contributed by atoms with van der Waals surface area (Å²) in [7, 11) is -2.25. The second-order valence-corrected chi connectivity index (χ2v) is 9.91. The highest BCUT2D eigenvalue weighted by Gasteiger charge is 2.33. The van der Waals surface area contributed by atoms with E-state index in [1.807, 2.05) is 0 Å². The number of pyridine rings is 1. The number of halogens is 2. The first-order valence-electron chi connectivity index (χ1n) is 9.54. The minimum Gasteiger partial charge on any atom is -0.336 e. The van der Waals surface area contributed by atoms with Crippen LogP contribution in [0.5, 0.6) is 0 Å². The van der Waals surface area contributed by atoms with Crippen molar-refractivity contribution in [2.45, 2.75) is 4.90 Å². The molecule has 2 heterocycles. The fourth-order valence-electron chi connectivity index (χ4n) is 3.75. The van der Waals surface area contributed by atoms with E-state index in [0.717, 1.165) is 0 Å². The summed E-state index contributed by atoms with van der Waals surface area (Å²) in [5, 5.41) is 0.780. The van der Waals surface area contributed by atoms with Crippen molar-refractivity contribution in [2.75, 3.05) is 26.2 Å². The van der Waals surface area contributed by atoms with Gasteiger partial charge in [0.25, 0.3) is 11.5 Å². The molecule has 0 unspecified atom stereocenters. The van der Waals surface area contributed by atoms with E-state index >= 15 is 0 Å². The van der Waals surface area contributed by atoms with Crippen LogP contribution < -0.4 is 5.56 Å². The van der Waals surface area contributed by atoms with E-state index in [1.165, 1.54) is 27.1 Å².